The zero-order chi connectivity index (χ0) is 52.4. The zero-order valence-electron chi connectivity index (χ0n) is 42.7. The number of methoxy groups -OCH3 is 2. The minimum absolute atomic E-state index is 0. The molecule has 15 heteroatoms. The number of Topliss-reactive ketones (excluding diaryl/α,β-unsaturated/α-hetero) is 2. The third kappa shape index (κ3) is 22.9. The second-order valence-corrected chi connectivity index (χ2v) is 20.5. The zero-order valence-corrected chi connectivity index (χ0v) is 45.1. The van der Waals surface area contributed by atoms with Crippen LogP contribution in [0.25, 0.3) is 0 Å². The van der Waals surface area contributed by atoms with Crippen LogP contribution in [0.5, 0.6) is 11.5 Å². The molecule has 392 valence electrons. The molecule has 2 heterocycles. The van der Waals surface area contributed by atoms with Gasteiger partial charge in [0.05, 0.1) is 26.3 Å². The summed E-state index contributed by atoms with van der Waals surface area (Å²) in [5, 5.41) is 12.4. The molecule has 0 unspecified atom stereocenters. The van der Waals surface area contributed by atoms with Crippen molar-refractivity contribution >= 4 is 75.9 Å². The minimum Gasteiger partial charge on any atom is -0.497 e. The third-order valence-corrected chi connectivity index (χ3v) is 13.3. The highest BCUT2D eigenvalue weighted by atomic mass is 35.5. The maximum Gasteiger partial charge on any atom is 0.408 e. The van der Waals surface area contributed by atoms with Crippen LogP contribution in [0.2, 0.25) is 0 Å². The first-order valence-corrected chi connectivity index (χ1v) is 26.1. The molecule has 4 aromatic carbocycles. The third-order valence-electron chi connectivity index (χ3n) is 11.5. The number of aryl methyl sites for hydroxylation is 2. The molecule has 3 amide bonds. The number of carbonyl (C=O) groups excluding carboxylic acids is 5. The molecule has 0 aliphatic heterocycles. The van der Waals surface area contributed by atoms with Crippen LogP contribution in [-0.2, 0) is 49.6 Å². The van der Waals surface area contributed by atoms with E-state index in [0.717, 1.165) is 40.3 Å². The summed E-state index contributed by atoms with van der Waals surface area (Å²) in [4.78, 5) is 66.2. The maximum absolute atomic E-state index is 13.6. The molecule has 0 saturated carbocycles. The summed E-state index contributed by atoms with van der Waals surface area (Å²) in [5.74, 6) is 0.519. The monoisotopic (exact) mass is 1060 g/mol. The lowest BCUT2D eigenvalue weighted by atomic mass is 9.91. The lowest BCUT2D eigenvalue weighted by molar-refractivity contribution is -0.122. The van der Waals surface area contributed by atoms with Crippen LogP contribution in [0, 0.1) is 11.8 Å². The van der Waals surface area contributed by atoms with Crippen LogP contribution in [0.1, 0.15) is 67.3 Å². The molecule has 0 radical (unpaired) electrons. The summed E-state index contributed by atoms with van der Waals surface area (Å²) in [5.41, 5.74) is 9.19. The van der Waals surface area contributed by atoms with Crippen LogP contribution in [-0.4, -0.2) is 61.4 Å². The van der Waals surface area contributed by atoms with Crippen molar-refractivity contribution in [2.24, 2.45) is 17.6 Å². The molecule has 0 bridgehead atoms. The average molecular weight is 1060 g/mol. The number of thiophene rings is 2. The highest BCUT2D eigenvalue weighted by Crippen LogP contribution is 2.23. The Hall–Kier alpha value is -6.84. The molecule has 2 aromatic heterocycles. The quantitative estimate of drug-likeness (QED) is 0.0407. The largest absolute Gasteiger partial charge is 0.497 e. The highest BCUT2D eigenvalue weighted by molar-refractivity contribution is 7.10. The predicted molar refractivity (Wildman–Crippen MR) is 302 cm³/mol. The van der Waals surface area contributed by atoms with Crippen LogP contribution in [0.3, 0.4) is 0 Å². The van der Waals surface area contributed by atoms with E-state index in [1.54, 1.807) is 101 Å². The highest BCUT2D eigenvalue weighted by Gasteiger charge is 2.27. The predicted octanol–water partition coefficient (Wildman–Crippen LogP) is 12.0. The Kier molecular flexibility index (Phi) is 25.6. The smallest absolute Gasteiger partial charge is 0.408 e. The van der Waals surface area contributed by atoms with E-state index in [4.69, 9.17) is 19.9 Å². The van der Waals surface area contributed by atoms with E-state index in [1.165, 1.54) is 29.1 Å². The Bertz CT molecular complexity index is 2660. The van der Waals surface area contributed by atoms with Gasteiger partial charge in [-0.3, -0.25) is 19.2 Å². The van der Waals surface area contributed by atoms with Gasteiger partial charge in [0.2, 0.25) is 11.8 Å². The second kappa shape index (κ2) is 31.7. The fourth-order valence-corrected chi connectivity index (χ4v) is 9.10. The van der Waals surface area contributed by atoms with Gasteiger partial charge in [0.15, 0.2) is 5.78 Å². The van der Waals surface area contributed by atoms with Gasteiger partial charge in [-0.05, 0) is 153 Å². The Balaban J connectivity index is 0.000000322. The normalized spacial score (nSPS) is 12.7. The molecule has 6 aromatic rings. The minimum atomic E-state index is -0.741. The van der Waals surface area contributed by atoms with Crippen LogP contribution in [0.15, 0.2) is 169 Å². The van der Waals surface area contributed by atoms with E-state index in [9.17, 15) is 24.0 Å². The standard InChI is InChI=1S/C32H38N2O5S.C27H30N2O3S.ClH/c1-32(2,3)39-31(37)34-28(22-27-11-8-20-40-27)29(35)21-24(13-12-23-9-6-5-7-10-23)14-19-30(36)33-25-15-17-26(38-4)18-16-25;1-32-23-14-12-22(13-15-23)29-27(31)16-11-21(10-9-20-6-3-2-4-7-20)18-26(30)25(28)19-24-8-5-17-33-24;/h5-11,14-20,24,28H,12-13,21-22H2,1-4H3,(H,33,36)(H,34,37);2-8,11-17,21,25H,9-10,18-19,28H2,1H3,(H,29,31);1H/b19-14+;16-11+;/t24-,28-;21-,25-;/m00./s1. The average Bonchev–Trinajstić information content (AvgIpc) is 4.11. The summed E-state index contributed by atoms with van der Waals surface area (Å²) in [6.45, 7) is 5.35. The Morgan fingerprint density at radius 2 is 1.01 bits per heavy atom. The van der Waals surface area contributed by atoms with Gasteiger partial charge in [-0.15, -0.1) is 35.1 Å². The van der Waals surface area contributed by atoms with Crippen molar-refractivity contribution in [3.8, 4) is 11.5 Å². The number of nitrogens with one attached hydrogen (secondary N) is 3. The number of benzene rings is 4. The van der Waals surface area contributed by atoms with E-state index >= 15 is 0 Å². The summed E-state index contributed by atoms with van der Waals surface area (Å²) in [6.07, 6.45) is 10.4. The van der Waals surface area contributed by atoms with Crippen molar-refractivity contribution in [1.29, 1.82) is 0 Å². The number of allylic oxidation sites excluding steroid dienone is 2. The number of alkyl carbamates (subject to hydrolysis) is 1. The first-order chi connectivity index (χ1) is 35.1. The van der Waals surface area contributed by atoms with Crippen LogP contribution in [0.4, 0.5) is 16.2 Å². The van der Waals surface area contributed by atoms with E-state index in [0.29, 0.717) is 42.8 Å². The molecule has 0 spiro atoms. The first-order valence-electron chi connectivity index (χ1n) is 24.3. The van der Waals surface area contributed by atoms with Gasteiger partial charge in [0, 0.05) is 46.8 Å². The van der Waals surface area contributed by atoms with E-state index in [-0.39, 0.29) is 54.0 Å². The van der Waals surface area contributed by atoms with Crippen molar-refractivity contribution in [1.82, 2.24) is 5.32 Å². The Morgan fingerprint density at radius 1 is 0.581 bits per heavy atom. The van der Waals surface area contributed by atoms with E-state index in [1.807, 2.05) is 89.6 Å². The summed E-state index contributed by atoms with van der Waals surface area (Å²) in [7, 11) is 3.18. The van der Waals surface area contributed by atoms with Gasteiger partial charge in [-0.25, -0.2) is 4.79 Å². The number of nitrogens with two attached hydrogens (primary N) is 1. The molecule has 0 fully saturated rings. The second-order valence-electron chi connectivity index (χ2n) is 18.4. The van der Waals surface area contributed by atoms with Crippen molar-refractivity contribution < 1.29 is 38.2 Å². The van der Waals surface area contributed by atoms with Gasteiger partial charge >= 0.3 is 6.09 Å². The molecule has 0 aliphatic carbocycles. The molecule has 4 atom stereocenters. The molecule has 0 saturated heterocycles. The molecule has 5 N–H and O–H groups in total. The SMILES string of the molecule is COc1ccc(NC(=O)/C=C/[C@H](CCc2ccccc2)CC(=O)[C@@H](N)Cc2cccs2)cc1.COc1ccc(NC(=O)/C=C/[C@H](CCc2ccccc2)CC(=O)[C@H](Cc2cccs2)NC(=O)OC(C)(C)C)cc1.Cl. The van der Waals surface area contributed by atoms with Gasteiger partial charge < -0.3 is 35.9 Å². The Labute approximate surface area is 450 Å². The number of halogens is 1. The summed E-state index contributed by atoms with van der Waals surface area (Å²) in [6, 6.07) is 40.9. The Morgan fingerprint density at radius 3 is 1.42 bits per heavy atom. The van der Waals surface area contributed by atoms with Crippen molar-refractivity contribution in [2.75, 3.05) is 24.9 Å². The number of rotatable bonds is 25. The number of carbonyl (C=O) groups is 5. The lowest BCUT2D eigenvalue weighted by Gasteiger charge is -2.24. The van der Waals surface area contributed by atoms with E-state index in [2.05, 4.69) is 28.1 Å². The summed E-state index contributed by atoms with van der Waals surface area (Å²) < 4.78 is 15.7. The molecule has 6 rings (SSSR count). The number of ether oxygens (including phenoxy) is 3. The van der Waals surface area contributed by atoms with Gasteiger partial charge in [0.1, 0.15) is 22.9 Å². The molecule has 74 heavy (non-hydrogen) atoms. The maximum atomic E-state index is 13.6. The fourth-order valence-electron chi connectivity index (χ4n) is 7.58. The molecule has 0 aliphatic rings. The first kappa shape index (κ1) is 59.7. The van der Waals surface area contributed by atoms with Gasteiger partial charge in [0.25, 0.3) is 0 Å². The number of hydrogen-bond donors (Lipinski definition) is 4. The number of hydrogen-bond acceptors (Lipinski definition) is 11. The molecular formula is C59H69ClN4O8S2. The van der Waals surface area contributed by atoms with E-state index < -0.39 is 23.8 Å². The van der Waals surface area contributed by atoms with Gasteiger partial charge in [-0.1, -0.05) is 84.9 Å². The molecular weight excluding hydrogens is 992 g/mol. The van der Waals surface area contributed by atoms with Crippen molar-refractivity contribution in [3.63, 3.8) is 0 Å². The summed E-state index contributed by atoms with van der Waals surface area (Å²) >= 11 is 3.14. The lowest BCUT2D eigenvalue weighted by Crippen LogP contribution is -2.45. The molecule has 12 nitrogen and oxygen atoms in total. The number of amides is 3. The fraction of sp³-hybridized carbons (Fsp3) is 0.305. The number of anilines is 2. The number of ketones is 2. The topological polar surface area (TPSA) is 175 Å². The van der Waals surface area contributed by atoms with Crippen molar-refractivity contribution in [2.45, 2.75) is 89.8 Å². The van der Waals surface area contributed by atoms with Crippen molar-refractivity contribution in [3.05, 3.63) is 189 Å². The van der Waals surface area contributed by atoms with Crippen LogP contribution >= 0.6 is 35.1 Å². The van der Waals surface area contributed by atoms with Gasteiger partial charge in [-0.2, -0.15) is 0 Å². The van der Waals surface area contributed by atoms with Crippen LogP contribution < -0.4 is 31.2 Å².